The molecule has 3 aliphatic rings. The second-order valence-electron chi connectivity index (χ2n) is 7.41. The molecule has 148 valence electrons. The van der Waals surface area contributed by atoms with Crippen molar-refractivity contribution >= 4 is 11.3 Å². The van der Waals surface area contributed by atoms with Gasteiger partial charge in [-0.05, 0) is 37.9 Å². The largest absolute Gasteiger partial charge is 0.492 e. The summed E-state index contributed by atoms with van der Waals surface area (Å²) in [6.45, 7) is 3.92. The lowest BCUT2D eigenvalue weighted by Gasteiger charge is -2.37. The molecule has 6 nitrogen and oxygen atoms in total. The maximum absolute atomic E-state index is 15.5. The lowest BCUT2D eigenvalue weighted by Crippen LogP contribution is -2.69. The van der Waals surface area contributed by atoms with E-state index in [1.807, 2.05) is 6.08 Å². The van der Waals surface area contributed by atoms with Crippen LogP contribution in [-0.4, -0.2) is 44.4 Å². The van der Waals surface area contributed by atoms with Gasteiger partial charge in [0.1, 0.15) is 18.2 Å². The van der Waals surface area contributed by atoms with Gasteiger partial charge in [-0.15, -0.1) is 0 Å². The molecule has 4 atom stereocenters. The van der Waals surface area contributed by atoms with E-state index < -0.39 is 24.7 Å². The summed E-state index contributed by atoms with van der Waals surface area (Å²) < 4.78 is 35.2. The number of alkyl halides is 1. The fraction of sp³-hybridized carbons (Fsp3) is 0.579. The highest BCUT2D eigenvalue weighted by atomic mass is 19.1. The molecule has 27 heavy (non-hydrogen) atoms. The molecule has 4 rings (SSSR count). The number of halogens is 2. The predicted molar refractivity (Wildman–Crippen MR) is 102 cm³/mol. The monoisotopic (exact) mass is 379 g/mol. The molecule has 0 aromatic heterocycles. The van der Waals surface area contributed by atoms with Crippen LogP contribution < -0.4 is 31.7 Å². The van der Waals surface area contributed by atoms with Crippen molar-refractivity contribution in [2.24, 2.45) is 5.73 Å². The molecule has 1 fully saturated rings. The fourth-order valence-corrected chi connectivity index (χ4v) is 3.97. The molecule has 1 saturated heterocycles. The van der Waals surface area contributed by atoms with Crippen molar-refractivity contribution in [2.45, 2.75) is 50.9 Å². The second kappa shape index (κ2) is 7.71. The number of rotatable bonds is 3. The van der Waals surface area contributed by atoms with Crippen LogP contribution >= 0.6 is 0 Å². The summed E-state index contributed by atoms with van der Waals surface area (Å²) >= 11 is 0. The SMILES string of the molecule is CC1NC(Nc2cc3c(c(C4=CCNCCC4)c2F)OCC3)NC(N)C1F. The first kappa shape index (κ1) is 18.6. The molecule has 0 amide bonds. The van der Waals surface area contributed by atoms with Gasteiger partial charge in [0.15, 0.2) is 5.82 Å². The van der Waals surface area contributed by atoms with Crippen molar-refractivity contribution < 1.29 is 13.5 Å². The molecular formula is C19H27F2N5O. The van der Waals surface area contributed by atoms with Crippen LogP contribution in [0.5, 0.6) is 5.75 Å². The average Bonchev–Trinajstić information content (AvgIpc) is 2.93. The molecule has 0 aliphatic carbocycles. The Morgan fingerprint density at radius 1 is 1.30 bits per heavy atom. The fourth-order valence-electron chi connectivity index (χ4n) is 3.97. The summed E-state index contributed by atoms with van der Waals surface area (Å²) in [6, 6.07) is 1.35. The summed E-state index contributed by atoms with van der Waals surface area (Å²) in [4.78, 5) is 0. The molecule has 3 heterocycles. The van der Waals surface area contributed by atoms with Gasteiger partial charge in [0, 0.05) is 24.6 Å². The molecule has 0 spiro atoms. The summed E-state index contributed by atoms with van der Waals surface area (Å²) in [7, 11) is 0. The highest BCUT2D eigenvalue weighted by Gasteiger charge is 2.33. The Morgan fingerprint density at radius 3 is 2.96 bits per heavy atom. The summed E-state index contributed by atoms with van der Waals surface area (Å²) in [5.41, 5.74) is 8.69. The highest BCUT2D eigenvalue weighted by molar-refractivity contribution is 5.77. The maximum atomic E-state index is 15.5. The van der Waals surface area contributed by atoms with Crippen molar-refractivity contribution in [3.05, 3.63) is 29.1 Å². The molecule has 0 radical (unpaired) electrons. The predicted octanol–water partition coefficient (Wildman–Crippen LogP) is 1.43. The molecule has 6 N–H and O–H groups in total. The van der Waals surface area contributed by atoms with Crippen LogP contribution in [0.25, 0.3) is 5.57 Å². The first-order valence-corrected chi connectivity index (χ1v) is 9.61. The first-order chi connectivity index (χ1) is 13.0. The van der Waals surface area contributed by atoms with E-state index in [0.717, 1.165) is 43.5 Å². The Balaban J connectivity index is 1.66. The number of allylic oxidation sites excluding steroid dienone is 1. The van der Waals surface area contributed by atoms with Crippen LogP contribution in [0.15, 0.2) is 12.1 Å². The van der Waals surface area contributed by atoms with Gasteiger partial charge in [0.25, 0.3) is 0 Å². The van der Waals surface area contributed by atoms with E-state index in [-0.39, 0.29) is 5.82 Å². The zero-order valence-electron chi connectivity index (χ0n) is 15.4. The molecule has 1 aromatic carbocycles. The smallest absolute Gasteiger partial charge is 0.157 e. The minimum absolute atomic E-state index is 0.337. The number of hydrogen-bond acceptors (Lipinski definition) is 6. The highest BCUT2D eigenvalue weighted by Crippen LogP contribution is 2.41. The average molecular weight is 379 g/mol. The maximum Gasteiger partial charge on any atom is 0.157 e. The number of fused-ring (bicyclic) bond motifs is 1. The normalized spacial score (nSPS) is 30.9. The molecule has 0 saturated carbocycles. The molecule has 8 heteroatoms. The van der Waals surface area contributed by atoms with Crippen molar-refractivity contribution in [3.8, 4) is 5.75 Å². The standard InChI is InChI=1S/C19H27F2N5O/c1-10-15(20)18(22)26-19(24-10)25-13-9-12-5-8-27-17(12)14(16(13)21)11-3-2-6-23-7-4-11/h4,9-10,15,18-19,23-26H,2-3,5-8,22H2,1H3. The van der Waals surface area contributed by atoms with Gasteiger partial charge in [-0.2, -0.15) is 0 Å². The minimum Gasteiger partial charge on any atom is -0.492 e. The molecule has 0 bridgehead atoms. The van der Waals surface area contributed by atoms with Gasteiger partial charge in [-0.25, -0.2) is 8.78 Å². The first-order valence-electron chi connectivity index (χ1n) is 9.61. The zero-order valence-corrected chi connectivity index (χ0v) is 15.4. The van der Waals surface area contributed by atoms with Gasteiger partial charge in [-0.1, -0.05) is 6.08 Å². The molecular weight excluding hydrogens is 352 g/mol. The van der Waals surface area contributed by atoms with Crippen LogP contribution in [0.1, 0.15) is 30.9 Å². The Kier molecular flexibility index (Phi) is 5.32. The van der Waals surface area contributed by atoms with Gasteiger partial charge in [0.05, 0.1) is 24.0 Å². The summed E-state index contributed by atoms with van der Waals surface area (Å²) in [5, 5.41) is 12.4. The zero-order chi connectivity index (χ0) is 19.0. The van der Waals surface area contributed by atoms with E-state index in [9.17, 15) is 4.39 Å². The third kappa shape index (κ3) is 3.67. The topological polar surface area (TPSA) is 83.4 Å². The quantitative estimate of drug-likeness (QED) is 0.547. The van der Waals surface area contributed by atoms with Crippen molar-refractivity contribution in [1.82, 2.24) is 16.0 Å². The minimum atomic E-state index is -1.21. The van der Waals surface area contributed by atoms with Crippen LogP contribution in [0, 0.1) is 5.82 Å². The Hall–Kier alpha value is -1.74. The number of ether oxygens (including phenoxy) is 1. The van der Waals surface area contributed by atoms with Crippen LogP contribution in [-0.2, 0) is 6.42 Å². The van der Waals surface area contributed by atoms with Crippen LogP contribution in [0.2, 0.25) is 0 Å². The third-order valence-electron chi connectivity index (χ3n) is 5.43. The second-order valence-corrected chi connectivity index (χ2v) is 7.41. The van der Waals surface area contributed by atoms with E-state index in [4.69, 9.17) is 10.5 Å². The number of nitrogens with two attached hydrogens (primary N) is 1. The van der Waals surface area contributed by atoms with Crippen LogP contribution in [0.4, 0.5) is 14.5 Å². The number of nitrogens with one attached hydrogen (secondary N) is 4. The molecule has 3 aliphatic heterocycles. The third-order valence-corrected chi connectivity index (χ3v) is 5.43. The Labute approximate surface area is 157 Å². The van der Waals surface area contributed by atoms with Gasteiger partial charge in [0.2, 0.25) is 0 Å². The van der Waals surface area contributed by atoms with E-state index in [1.165, 1.54) is 0 Å². The molecule has 1 aromatic rings. The lowest BCUT2D eigenvalue weighted by molar-refractivity contribution is 0.134. The van der Waals surface area contributed by atoms with E-state index in [1.54, 1.807) is 13.0 Å². The van der Waals surface area contributed by atoms with Crippen molar-refractivity contribution in [1.29, 1.82) is 0 Å². The Morgan fingerprint density at radius 2 is 2.15 bits per heavy atom. The number of hydrogen-bond donors (Lipinski definition) is 5. The van der Waals surface area contributed by atoms with Gasteiger partial charge >= 0.3 is 0 Å². The van der Waals surface area contributed by atoms with Gasteiger partial charge in [-0.3, -0.25) is 10.6 Å². The van der Waals surface area contributed by atoms with Crippen molar-refractivity contribution in [3.63, 3.8) is 0 Å². The van der Waals surface area contributed by atoms with Gasteiger partial charge < -0.3 is 21.1 Å². The summed E-state index contributed by atoms with van der Waals surface area (Å²) in [6.07, 6.45) is 2.00. The van der Waals surface area contributed by atoms with Crippen molar-refractivity contribution in [2.75, 3.05) is 25.0 Å². The number of benzene rings is 1. The summed E-state index contributed by atoms with van der Waals surface area (Å²) in [5.74, 6) is 0.320. The van der Waals surface area contributed by atoms with E-state index in [0.29, 0.717) is 23.6 Å². The van der Waals surface area contributed by atoms with E-state index in [2.05, 4.69) is 21.3 Å². The Bertz CT molecular complexity index is 729. The number of anilines is 1. The van der Waals surface area contributed by atoms with E-state index >= 15 is 4.39 Å². The van der Waals surface area contributed by atoms with Crippen LogP contribution in [0.3, 0.4) is 0 Å². The molecule has 4 unspecified atom stereocenters. The lowest BCUT2D eigenvalue weighted by atomic mass is 9.96.